The molecule has 0 radical (unpaired) electrons. The van der Waals surface area contributed by atoms with Gasteiger partial charge in [-0.05, 0) is 26.8 Å². The number of nitrogens with one attached hydrogen (secondary N) is 1. The molecule has 0 fully saturated rings. The van der Waals surface area contributed by atoms with Gasteiger partial charge in [0.15, 0.2) is 4.34 Å². The lowest BCUT2D eigenvalue weighted by molar-refractivity contribution is 0.173. The Labute approximate surface area is 117 Å². The molecule has 18 heavy (non-hydrogen) atoms. The zero-order chi connectivity index (χ0) is 13.6. The van der Waals surface area contributed by atoms with Crippen molar-refractivity contribution in [2.45, 2.75) is 29.6 Å². The summed E-state index contributed by atoms with van der Waals surface area (Å²) in [6.45, 7) is 2.20. The molecular formula is C11H22N4OS2. The van der Waals surface area contributed by atoms with Crippen molar-refractivity contribution in [2.24, 2.45) is 0 Å². The third-order valence-electron chi connectivity index (χ3n) is 2.83. The lowest BCUT2D eigenvalue weighted by Crippen LogP contribution is -2.43. The van der Waals surface area contributed by atoms with Crippen molar-refractivity contribution in [3.05, 3.63) is 0 Å². The summed E-state index contributed by atoms with van der Waals surface area (Å²) in [5.41, 5.74) is -0.170. The standard InChI is InChI=1S/C11H22N4OS2/c1-11(8-16,12-2)6-5-7-17-10-14-13-9(18-10)15(3)4/h12,16H,5-8H2,1-4H3. The Morgan fingerprint density at radius 1 is 1.44 bits per heavy atom. The molecule has 1 rings (SSSR count). The zero-order valence-corrected chi connectivity index (χ0v) is 13.1. The number of likely N-dealkylation sites (N-methyl/N-ethyl adjacent to an activating group) is 1. The molecule has 0 bridgehead atoms. The van der Waals surface area contributed by atoms with Crippen LogP contribution in [0.3, 0.4) is 0 Å². The van der Waals surface area contributed by atoms with Crippen LogP contribution in [0.4, 0.5) is 5.13 Å². The fraction of sp³-hybridized carbons (Fsp3) is 0.818. The predicted molar refractivity (Wildman–Crippen MR) is 78.7 cm³/mol. The maximum atomic E-state index is 9.27. The van der Waals surface area contributed by atoms with Gasteiger partial charge in [0.05, 0.1) is 6.61 Å². The van der Waals surface area contributed by atoms with Crippen LogP contribution in [-0.2, 0) is 0 Å². The molecule has 2 N–H and O–H groups in total. The van der Waals surface area contributed by atoms with Crippen LogP contribution in [0, 0.1) is 0 Å². The average molecular weight is 290 g/mol. The lowest BCUT2D eigenvalue weighted by atomic mass is 9.98. The van der Waals surface area contributed by atoms with Crippen molar-refractivity contribution in [1.29, 1.82) is 0 Å². The van der Waals surface area contributed by atoms with Gasteiger partial charge >= 0.3 is 0 Å². The van der Waals surface area contributed by atoms with Crippen LogP contribution in [0.15, 0.2) is 4.34 Å². The van der Waals surface area contributed by atoms with Crippen molar-refractivity contribution in [1.82, 2.24) is 15.5 Å². The summed E-state index contributed by atoms with van der Waals surface area (Å²) in [6, 6.07) is 0. The predicted octanol–water partition coefficient (Wildman–Crippen LogP) is 1.45. The van der Waals surface area contributed by atoms with Gasteiger partial charge in [-0.3, -0.25) is 0 Å². The van der Waals surface area contributed by atoms with E-state index >= 15 is 0 Å². The number of aliphatic hydroxyl groups is 1. The molecule has 0 aliphatic rings. The van der Waals surface area contributed by atoms with Gasteiger partial charge in [0.2, 0.25) is 5.13 Å². The molecule has 1 unspecified atom stereocenters. The van der Waals surface area contributed by atoms with Crippen LogP contribution in [0.5, 0.6) is 0 Å². The Hall–Kier alpha value is -0.370. The van der Waals surface area contributed by atoms with Crippen LogP contribution in [0.25, 0.3) is 0 Å². The minimum atomic E-state index is -0.170. The molecule has 1 aromatic heterocycles. The van der Waals surface area contributed by atoms with E-state index in [1.807, 2.05) is 33.0 Å². The Balaban J connectivity index is 2.29. The number of aliphatic hydroxyl groups excluding tert-OH is 1. The van der Waals surface area contributed by atoms with E-state index in [-0.39, 0.29) is 12.1 Å². The van der Waals surface area contributed by atoms with E-state index in [1.54, 1.807) is 23.1 Å². The Morgan fingerprint density at radius 2 is 2.17 bits per heavy atom. The first-order valence-electron chi connectivity index (χ1n) is 5.94. The molecule has 1 heterocycles. The summed E-state index contributed by atoms with van der Waals surface area (Å²) in [5.74, 6) is 0.999. The summed E-state index contributed by atoms with van der Waals surface area (Å²) in [4.78, 5) is 1.96. The molecular weight excluding hydrogens is 268 g/mol. The fourth-order valence-electron chi connectivity index (χ4n) is 1.35. The number of hydrogen-bond acceptors (Lipinski definition) is 7. The molecule has 7 heteroatoms. The summed E-state index contributed by atoms with van der Waals surface area (Å²) >= 11 is 3.34. The number of aromatic nitrogens is 2. The normalized spacial score (nSPS) is 14.5. The molecule has 0 saturated heterocycles. The van der Waals surface area contributed by atoms with Crippen molar-refractivity contribution in [3.8, 4) is 0 Å². The minimum absolute atomic E-state index is 0.164. The van der Waals surface area contributed by atoms with E-state index in [2.05, 4.69) is 15.5 Å². The Morgan fingerprint density at radius 3 is 2.67 bits per heavy atom. The molecule has 0 saturated carbocycles. The van der Waals surface area contributed by atoms with Crippen molar-refractivity contribution >= 4 is 28.2 Å². The van der Waals surface area contributed by atoms with E-state index in [4.69, 9.17) is 0 Å². The first kappa shape index (κ1) is 15.7. The molecule has 0 aromatic carbocycles. The molecule has 5 nitrogen and oxygen atoms in total. The average Bonchev–Trinajstić information content (AvgIpc) is 2.83. The second kappa shape index (κ2) is 7.28. The van der Waals surface area contributed by atoms with Gasteiger partial charge in [0, 0.05) is 25.4 Å². The molecule has 0 amide bonds. The van der Waals surface area contributed by atoms with Crippen molar-refractivity contribution < 1.29 is 5.11 Å². The largest absolute Gasteiger partial charge is 0.394 e. The van der Waals surface area contributed by atoms with Gasteiger partial charge in [-0.15, -0.1) is 10.2 Å². The first-order chi connectivity index (χ1) is 8.50. The third kappa shape index (κ3) is 4.72. The molecule has 104 valence electrons. The summed E-state index contributed by atoms with van der Waals surface area (Å²) < 4.78 is 1.01. The maximum absolute atomic E-state index is 9.27. The molecule has 0 aliphatic carbocycles. The van der Waals surface area contributed by atoms with Gasteiger partial charge in [-0.2, -0.15) is 0 Å². The second-order valence-electron chi connectivity index (χ2n) is 4.67. The molecule has 0 aliphatic heterocycles. The van der Waals surface area contributed by atoms with Crippen molar-refractivity contribution in [3.63, 3.8) is 0 Å². The molecule has 1 aromatic rings. The van der Waals surface area contributed by atoms with E-state index in [1.165, 1.54) is 0 Å². The zero-order valence-electron chi connectivity index (χ0n) is 11.4. The van der Waals surface area contributed by atoms with Crippen LogP contribution in [0.1, 0.15) is 19.8 Å². The van der Waals surface area contributed by atoms with Crippen LogP contribution >= 0.6 is 23.1 Å². The van der Waals surface area contributed by atoms with E-state index in [0.29, 0.717) is 0 Å². The fourth-order valence-corrected chi connectivity index (χ4v) is 3.12. The molecule has 1 atom stereocenters. The van der Waals surface area contributed by atoms with E-state index < -0.39 is 0 Å². The summed E-state index contributed by atoms with van der Waals surface area (Å²) in [6.07, 6.45) is 1.99. The van der Waals surface area contributed by atoms with E-state index in [9.17, 15) is 5.11 Å². The highest BCUT2D eigenvalue weighted by Gasteiger charge is 2.19. The quantitative estimate of drug-likeness (QED) is 0.558. The smallest absolute Gasteiger partial charge is 0.208 e. The number of nitrogens with zero attached hydrogens (tertiary/aromatic N) is 3. The first-order valence-corrected chi connectivity index (χ1v) is 7.74. The van der Waals surface area contributed by atoms with Crippen LogP contribution in [-0.4, -0.2) is 54.3 Å². The van der Waals surface area contributed by atoms with Gasteiger partial charge < -0.3 is 15.3 Å². The SMILES string of the molecule is CNC(C)(CO)CCCSc1nnc(N(C)C)s1. The van der Waals surface area contributed by atoms with Crippen LogP contribution in [0.2, 0.25) is 0 Å². The van der Waals surface area contributed by atoms with Gasteiger partial charge in [0.1, 0.15) is 0 Å². The topological polar surface area (TPSA) is 61.3 Å². The van der Waals surface area contributed by atoms with Crippen molar-refractivity contribution in [2.75, 3.05) is 38.4 Å². The number of rotatable bonds is 8. The number of thioether (sulfide) groups is 1. The van der Waals surface area contributed by atoms with Gasteiger partial charge in [0.25, 0.3) is 0 Å². The maximum Gasteiger partial charge on any atom is 0.208 e. The van der Waals surface area contributed by atoms with Gasteiger partial charge in [-0.25, -0.2) is 0 Å². The highest BCUT2D eigenvalue weighted by Crippen LogP contribution is 2.28. The van der Waals surface area contributed by atoms with Gasteiger partial charge in [-0.1, -0.05) is 23.1 Å². The highest BCUT2D eigenvalue weighted by molar-refractivity contribution is 8.01. The summed E-state index contributed by atoms with van der Waals surface area (Å²) in [5, 5.41) is 21.6. The second-order valence-corrected chi connectivity index (χ2v) is 6.96. The van der Waals surface area contributed by atoms with Crippen LogP contribution < -0.4 is 10.2 Å². The van der Waals surface area contributed by atoms with E-state index in [0.717, 1.165) is 28.1 Å². The highest BCUT2D eigenvalue weighted by atomic mass is 32.2. The summed E-state index contributed by atoms with van der Waals surface area (Å²) in [7, 11) is 5.82. The monoisotopic (exact) mass is 290 g/mol. The Bertz CT molecular complexity index is 353. The number of hydrogen-bond donors (Lipinski definition) is 2. The number of anilines is 1. The third-order valence-corrected chi connectivity index (χ3v) is 5.14. The lowest BCUT2D eigenvalue weighted by Gasteiger charge is -2.26. The Kier molecular flexibility index (Phi) is 6.34. The minimum Gasteiger partial charge on any atom is -0.394 e. The molecule has 0 spiro atoms.